The molecule has 86 valence electrons. The van der Waals surface area contributed by atoms with Crippen molar-refractivity contribution >= 4 is 17.6 Å². The Kier molecular flexibility index (Phi) is 3.60. The summed E-state index contributed by atoms with van der Waals surface area (Å²) < 4.78 is 0.414. The number of rotatable bonds is 4. The van der Waals surface area contributed by atoms with E-state index in [1.165, 1.54) is 44.9 Å². The van der Waals surface area contributed by atoms with Crippen molar-refractivity contribution < 1.29 is 0 Å². The molecule has 15 heavy (non-hydrogen) atoms. The lowest BCUT2D eigenvalue weighted by Gasteiger charge is -2.34. The zero-order valence-corrected chi connectivity index (χ0v) is 10.5. The first-order chi connectivity index (χ1) is 7.26. The van der Waals surface area contributed by atoms with E-state index in [4.69, 9.17) is 5.73 Å². The van der Waals surface area contributed by atoms with Crippen molar-refractivity contribution in [1.29, 1.82) is 0 Å². The Labute approximate surface area is 97.1 Å². The normalized spacial score (nSPS) is 26.6. The molecule has 2 nitrogen and oxygen atoms in total. The van der Waals surface area contributed by atoms with Gasteiger partial charge in [0, 0.05) is 10.7 Å². The summed E-state index contributed by atoms with van der Waals surface area (Å²) in [6.45, 7) is 0.955. The fraction of sp³-hybridized carbons (Fsp3) is 0.917. The molecule has 3 heteroatoms. The Morgan fingerprint density at radius 3 is 2.53 bits per heavy atom. The van der Waals surface area contributed by atoms with Gasteiger partial charge in [0.1, 0.15) is 0 Å². The van der Waals surface area contributed by atoms with Crippen LogP contribution in [0, 0.1) is 5.92 Å². The minimum Gasteiger partial charge on any atom is -0.387 e. The van der Waals surface area contributed by atoms with E-state index in [-0.39, 0.29) is 0 Å². The molecule has 2 N–H and O–H groups in total. The average molecular weight is 226 g/mol. The van der Waals surface area contributed by atoms with Crippen LogP contribution < -0.4 is 5.73 Å². The summed E-state index contributed by atoms with van der Waals surface area (Å²) >= 11 is 2.00. The summed E-state index contributed by atoms with van der Waals surface area (Å²) in [6, 6.07) is 0. The maximum Gasteiger partial charge on any atom is 0.0969 e. The molecule has 0 aliphatic heterocycles. The quantitative estimate of drug-likeness (QED) is 0.591. The smallest absolute Gasteiger partial charge is 0.0969 e. The van der Waals surface area contributed by atoms with Gasteiger partial charge in [0.2, 0.25) is 0 Å². The van der Waals surface area contributed by atoms with E-state index in [1.54, 1.807) is 0 Å². The van der Waals surface area contributed by atoms with E-state index in [2.05, 4.69) is 11.2 Å². The van der Waals surface area contributed by atoms with Crippen LogP contribution in [0.3, 0.4) is 0 Å². The molecule has 0 amide bonds. The molecule has 0 bridgehead atoms. The summed E-state index contributed by atoms with van der Waals surface area (Å²) in [7, 11) is 0. The SMILES string of the molecule is CSC1(CN=C(N)C2CC2)CCCCC1. The van der Waals surface area contributed by atoms with Gasteiger partial charge in [-0.25, -0.2) is 0 Å². The van der Waals surface area contributed by atoms with Gasteiger partial charge < -0.3 is 5.73 Å². The molecule has 2 saturated carbocycles. The summed E-state index contributed by atoms with van der Waals surface area (Å²) in [6.07, 6.45) is 11.6. The molecule has 0 aromatic heterocycles. The topological polar surface area (TPSA) is 38.4 Å². The summed E-state index contributed by atoms with van der Waals surface area (Å²) in [5.74, 6) is 1.56. The highest BCUT2D eigenvalue weighted by molar-refractivity contribution is 8.00. The lowest BCUT2D eigenvalue weighted by molar-refractivity contribution is 0.405. The molecule has 0 heterocycles. The fourth-order valence-corrected chi connectivity index (χ4v) is 3.26. The van der Waals surface area contributed by atoms with Crippen molar-refractivity contribution in [3.63, 3.8) is 0 Å². The largest absolute Gasteiger partial charge is 0.387 e. The van der Waals surface area contributed by atoms with Crippen LogP contribution in [-0.2, 0) is 0 Å². The third-order valence-electron chi connectivity index (χ3n) is 3.74. The van der Waals surface area contributed by atoms with Crippen LogP contribution in [0.2, 0.25) is 0 Å². The number of hydrogen-bond acceptors (Lipinski definition) is 2. The molecule has 0 unspecified atom stereocenters. The lowest BCUT2D eigenvalue weighted by atomic mass is 9.88. The van der Waals surface area contributed by atoms with Crippen LogP contribution in [0.5, 0.6) is 0 Å². The van der Waals surface area contributed by atoms with Crippen molar-refractivity contribution in [3.05, 3.63) is 0 Å². The second kappa shape index (κ2) is 4.77. The van der Waals surface area contributed by atoms with E-state index < -0.39 is 0 Å². The van der Waals surface area contributed by atoms with Gasteiger partial charge in [-0.3, -0.25) is 4.99 Å². The molecule has 0 saturated heterocycles. The first kappa shape index (κ1) is 11.3. The number of nitrogens with two attached hydrogens (primary N) is 1. The van der Waals surface area contributed by atoms with Gasteiger partial charge in [0.15, 0.2) is 0 Å². The third kappa shape index (κ3) is 2.90. The van der Waals surface area contributed by atoms with Crippen LogP contribution in [0.25, 0.3) is 0 Å². The Hall–Kier alpha value is -0.180. The number of hydrogen-bond donors (Lipinski definition) is 1. The minimum atomic E-state index is 0.414. The predicted molar refractivity (Wildman–Crippen MR) is 68.5 cm³/mol. The van der Waals surface area contributed by atoms with E-state index >= 15 is 0 Å². The van der Waals surface area contributed by atoms with Gasteiger partial charge in [0.05, 0.1) is 12.4 Å². The Balaban J connectivity index is 1.91. The zero-order chi connectivity index (χ0) is 10.7. The van der Waals surface area contributed by atoms with Crippen molar-refractivity contribution in [1.82, 2.24) is 0 Å². The first-order valence-corrected chi connectivity index (χ1v) is 7.33. The molecular weight excluding hydrogens is 204 g/mol. The summed E-state index contributed by atoms with van der Waals surface area (Å²) in [5.41, 5.74) is 5.95. The van der Waals surface area contributed by atoms with Crippen molar-refractivity contribution in [2.45, 2.75) is 49.7 Å². The number of aliphatic imine (C=N–C) groups is 1. The van der Waals surface area contributed by atoms with Gasteiger partial charge in [0.25, 0.3) is 0 Å². The molecule has 2 aliphatic rings. The molecule has 0 atom stereocenters. The fourth-order valence-electron chi connectivity index (χ4n) is 2.37. The van der Waals surface area contributed by atoms with E-state index in [0.29, 0.717) is 10.7 Å². The van der Waals surface area contributed by atoms with Crippen molar-refractivity contribution in [2.24, 2.45) is 16.6 Å². The molecule has 2 fully saturated rings. The van der Waals surface area contributed by atoms with Crippen LogP contribution in [0.1, 0.15) is 44.9 Å². The molecule has 0 radical (unpaired) electrons. The second-order valence-electron chi connectivity index (χ2n) is 4.96. The highest BCUT2D eigenvalue weighted by atomic mass is 32.2. The number of amidine groups is 1. The standard InChI is InChI=1S/C12H22N2S/c1-15-12(7-3-2-4-8-12)9-14-11(13)10-5-6-10/h10H,2-9H2,1H3,(H2,13,14). The number of thioether (sulfide) groups is 1. The van der Waals surface area contributed by atoms with E-state index in [0.717, 1.165) is 12.4 Å². The van der Waals surface area contributed by atoms with Crippen LogP contribution >= 0.6 is 11.8 Å². The maximum absolute atomic E-state index is 5.95. The van der Waals surface area contributed by atoms with E-state index in [1.807, 2.05) is 11.8 Å². The van der Waals surface area contributed by atoms with Crippen molar-refractivity contribution in [2.75, 3.05) is 12.8 Å². The van der Waals surface area contributed by atoms with Gasteiger partial charge >= 0.3 is 0 Å². The van der Waals surface area contributed by atoms with Crippen molar-refractivity contribution in [3.8, 4) is 0 Å². The van der Waals surface area contributed by atoms with Crippen LogP contribution in [0.4, 0.5) is 0 Å². The van der Waals surface area contributed by atoms with Gasteiger partial charge in [-0.05, 0) is 31.9 Å². The molecule has 0 spiro atoms. The predicted octanol–water partition coefficient (Wildman–Crippen LogP) is 2.82. The zero-order valence-electron chi connectivity index (χ0n) is 9.67. The maximum atomic E-state index is 5.95. The molecule has 2 rings (SSSR count). The molecule has 0 aromatic carbocycles. The molecule has 0 aromatic rings. The number of nitrogens with zero attached hydrogens (tertiary/aromatic N) is 1. The summed E-state index contributed by atoms with van der Waals surface area (Å²) in [5, 5.41) is 0. The van der Waals surface area contributed by atoms with E-state index in [9.17, 15) is 0 Å². The Morgan fingerprint density at radius 2 is 2.00 bits per heavy atom. The van der Waals surface area contributed by atoms with Crippen LogP contribution in [-0.4, -0.2) is 23.4 Å². The monoisotopic (exact) mass is 226 g/mol. The molecule has 2 aliphatic carbocycles. The highest BCUT2D eigenvalue weighted by Crippen LogP contribution is 2.39. The van der Waals surface area contributed by atoms with Gasteiger partial charge in [-0.15, -0.1) is 0 Å². The van der Waals surface area contributed by atoms with Gasteiger partial charge in [-0.2, -0.15) is 11.8 Å². The highest BCUT2D eigenvalue weighted by Gasteiger charge is 2.32. The minimum absolute atomic E-state index is 0.414. The Bertz CT molecular complexity index is 240. The van der Waals surface area contributed by atoms with Gasteiger partial charge in [-0.1, -0.05) is 19.3 Å². The lowest BCUT2D eigenvalue weighted by Crippen LogP contribution is -2.32. The first-order valence-electron chi connectivity index (χ1n) is 6.11. The summed E-state index contributed by atoms with van der Waals surface area (Å²) in [4.78, 5) is 4.63. The average Bonchev–Trinajstić information content (AvgIpc) is 3.11. The Morgan fingerprint density at radius 1 is 1.33 bits per heavy atom. The third-order valence-corrected chi connectivity index (χ3v) is 5.15. The van der Waals surface area contributed by atoms with Crippen LogP contribution in [0.15, 0.2) is 4.99 Å². The molecular formula is C12H22N2S. The second-order valence-corrected chi connectivity index (χ2v) is 6.24.